The van der Waals surface area contributed by atoms with E-state index in [2.05, 4.69) is 0 Å². The Labute approximate surface area is 80.5 Å². The summed E-state index contributed by atoms with van der Waals surface area (Å²) in [7, 11) is 1.37. The largest absolute Gasteiger partial charge is 0.494 e. The summed E-state index contributed by atoms with van der Waals surface area (Å²) in [5.74, 6) is -0.945. The third-order valence-electron chi connectivity index (χ3n) is 1.67. The van der Waals surface area contributed by atoms with Crippen molar-refractivity contribution in [1.82, 2.24) is 0 Å². The third-order valence-corrected chi connectivity index (χ3v) is 1.67. The average molecular weight is 199 g/mol. The van der Waals surface area contributed by atoms with Gasteiger partial charge in [0.05, 0.1) is 7.11 Å². The minimum absolute atomic E-state index is 0.0139. The van der Waals surface area contributed by atoms with Crippen molar-refractivity contribution in [2.75, 3.05) is 12.2 Å². The second-order valence-corrected chi connectivity index (χ2v) is 2.65. The van der Waals surface area contributed by atoms with Crippen molar-refractivity contribution >= 4 is 11.6 Å². The molecule has 0 aromatic heterocycles. The number of hydroxylamine groups is 1. The zero-order chi connectivity index (χ0) is 10.7. The number of halogens is 1. The van der Waals surface area contributed by atoms with Crippen molar-refractivity contribution in [1.29, 1.82) is 0 Å². The molecule has 0 unspecified atom stereocenters. The Kier molecular flexibility index (Phi) is 3.03. The molecule has 5 heteroatoms. The van der Waals surface area contributed by atoms with Gasteiger partial charge in [0.1, 0.15) is 17.3 Å². The van der Waals surface area contributed by atoms with Crippen molar-refractivity contribution in [2.24, 2.45) is 0 Å². The van der Waals surface area contributed by atoms with Crippen LogP contribution in [0.3, 0.4) is 0 Å². The van der Waals surface area contributed by atoms with Crippen LogP contribution < -0.4 is 9.80 Å². The molecule has 0 radical (unpaired) electrons. The lowest BCUT2D eigenvalue weighted by Crippen LogP contribution is -2.24. The maximum absolute atomic E-state index is 12.8. The molecule has 1 aromatic rings. The van der Waals surface area contributed by atoms with E-state index in [9.17, 15) is 14.4 Å². The van der Waals surface area contributed by atoms with Gasteiger partial charge in [-0.3, -0.25) is 10.0 Å². The van der Waals surface area contributed by atoms with Crippen LogP contribution in [-0.2, 0) is 4.79 Å². The smallest absolute Gasteiger partial charge is 0.247 e. The van der Waals surface area contributed by atoms with Gasteiger partial charge in [-0.25, -0.2) is 4.39 Å². The first-order valence-electron chi connectivity index (χ1n) is 3.89. The monoisotopic (exact) mass is 199 g/mol. The molecule has 0 spiro atoms. The highest BCUT2D eigenvalue weighted by molar-refractivity contribution is 5.90. The maximum atomic E-state index is 12.8. The van der Waals surface area contributed by atoms with Crippen LogP contribution >= 0.6 is 0 Å². The lowest BCUT2D eigenvalue weighted by Gasteiger charge is -2.15. The molecule has 1 rings (SSSR count). The molecule has 0 atom stereocenters. The zero-order valence-corrected chi connectivity index (χ0v) is 7.82. The molecule has 0 aliphatic carbocycles. The predicted molar refractivity (Wildman–Crippen MR) is 47.9 cm³/mol. The molecule has 0 fully saturated rings. The normalized spacial score (nSPS) is 9.71. The number of amides is 1. The SMILES string of the molecule is COc1ccc(F)cc1N(O)C(C)=O. The Morgan fingerprint density at radius 1 is 1.57 bits per heavy atom. The number of hydrogen-bond acceptors (Lipinski definition) is 3. The van der Waals surface area contributed by atoms with E-state index in [4.69, 9.17) is 4.74 Å². The molecule has 0 heterocycles. The zero-order valence-electron chi connectivity index (χ0n) is 7.82. The van der Waals surface area contributed by atoms with Gasteiger partial charge in [-0.1, -0.05) is 0 Å². The number of anilines is 1. The first kappa shape index (κ1) is 10.5. The second-order valence-electron chi connectivity index (χ2n) is 2.65. The molecule has 0 aliphatic heterocycles. The molecule has 0 aliphatic rings. The molecular weight excluding hydrogens is 189 g/mol. The Hall–Kier alpha value is -1.62. The molecular formula is C9H10FNO3. The molecule has 0 saturated carbocycles. The Balaban J connectivity index is 3.16. The van der Waals surface area contributed by atoms with E-state index >= 15 is 0 Å². The van der Waals surface area contributed by atoms with Crippen molar-refractivity contribution < 1.29 is 19.1 Å². The molecule has 76 valence electrons. The minimum Gasteiger partial charge on any atom is -0.494 e. The van der Waals surface area contributed by atoms with Crippen LogP contribution in [0.2, 0.25) is 0 Å². The maximum Gasteiger partial charge on any atom is 0.247 e. The van der Waals surface area contributed by atoms with E-state index < -0.39 is 11.7 Å². The lowest BCUT2D eigenvalue weighted by atomic mass is 10.2. The minimum atomic E-state index is -0.617. The van der Waals surface area contributed by atoms with Gasteiger partial charge in [0.15, 0.2) is 0 Å². The van der Waals surface area contributed by atoms with Crippen LogP contribution in [0.5, 0.6) is 5.75 Å². The molecule has 1 N–H and O–H groups in total. The standard InChI is InChI=1S/C9H10FNO3/c1-6(12)11(13)8-5-7(10)3-4-9(8)14-2/h3-5,13H,1-2H3. The number of benzene rings is 1. The van der Waals surface area contributed by atoms with Gasteiger partial charge in [-0.2, -0.15) is 5.06 Å². The number of methoxy groups -OCH3 is 1. The van der Waals surface area contributed by atoms with Crippen LogP contribution in [0.25, 0.3) is 0 Å². The number of rotatable bonds is 2. The first-order valence-corrected chi connectivity index (χ1v) is 3.89. The fourth-order valence-corrected chi connectivity index (χ4v) is 0.998. The third kappa shape index (κ3) is 2.00. The fraction of sp³-hybridized carbons (Fsp3) is 0.222. The topological polar surface area (TPSA) is 49.8 Å². The number of ether oxygens (including phenoxy) is 1. The van der Waals surface area contributed by atoms with Gasteiger partial charge in [-0.15, -0.1) is 0 Å². The molecule has 4 nitrogen and oxygen atoms in total. The summed E-state index contributed by atoms with van der Waals surface area (Å²) >= 11 is 0. The van der Waals surface area contributed by atoms with Gasteiger partial charge >= 0.3 is 0 Å². The van der Waals surface area contributed by atoms with Gasteiger partial charge in [0.25, 0.3) is 0 Å². The van der Waals surface area contributed by atoms with Gasteiger partial charge < -0.3 is 4.74 Å². The van der Waals surface area contributed by atoms with E-state index in [1.54, 1.807) is 0 Å². The summed E-state index contributed by atoms with van der Waals surface area (Å²) in [5, 5.41) is 9.61. The summed E-state index contributed by atoms with van der Waals surface area (Å²) < 4.78 is 17.7. The highest BCUT2D eigenvalue weighted by Gasteiger charge is 2.14. The Bertz CT molecular complexity index is 354. The average Bonchev–Trinajstić information content (AvgIpc) is 2.16. The number of carbonyl (C=O) groups is 1. The van der Waals surface area contributed by atoms with E-state index in [0.29, 0.717) is 5.06 Å². The molecule has 0 bridgehead atoms. The molecule has 1 aromatic carbocycles. The van der Waals surface area contributed by atoms with E-state index in [1.165, 1.54) is 19.2 Å². The van der Waals surface area contributed by atoms with E-state index in [-0.39, 0.29) is 11.4 Å². The van der Waals surface area contributed by atoms with Crippen LogP contribution in [-0.4, -0.2) is 18.2 Å². The predicted octanol–water partition coefficient (Wildman–Crippen LogP) is 1.58. The molecule has 14 heavy (non-hydrogen) atoms. The highest BCUT2D eigenvalue weighted by Crippen LogP contribution is 2.27. The van der Waals surface area contributed by atoms with Crippen molar-refractivity contribution in [3.8, 4) is 5.75 Å². The van der Waals surface area contributed by atoms with Crippen LogP contribution in [0.4, 0.5) is 10.1 Å². The van der Waals surface area contributed by atoms with Crippen LogP contribution in [0, 0.1) is 5.82 Å². The molecule has 0 saturated heterocycles. The Morgan fingerprint density at radius 2 is 2.21 bits per heavy atom. The van der Waals surface area contributed by atoms with Gasteiger partial charge in [0.2, 0.25) is 5.91 Å². The molecule has 1 amide bonds. The number of carbonyl (C=O) groups excluding carboxylic acids is 1. The summed E-state index contributed by atoms with van der Waals surface area (Å²) in [6, 6.07) is 3.52. The summed E-state index contributed by atoms with van der Waals surface area (Å²) in [6.45, 7) is 1.16. The number of hydrogen-bond donors (Lipinski definition) is 1. The number of nitrogens with zero attached hydrogens (tertiary/aromatic N) is 1. The highest BCUT2D eigenvalue weighted by atomic mass is 19.1. The summed E-state index contributed by atoms with van der Waals surface area (Å²) in [4.78, 5) is 10.8. The fourth-order valence-electron chi connectivity index (χ4n) is 0.998. The quantitative estimate of drug-likeness (QED) is 0.581. The van der Waals surface area contributed by atoms with Crippen LogP contribution in [0.1, 0.15) is 6.92 Å². The van der Waals surface area contributed by atoms with E-state index in [0.717, 1.165) is 13.0 Å². The van der Waals surface area contributed by atoms with Crippen molar-refractivity contribution in [2.45, 2.75) is 6.92 Å². The summed E-state index contributed by atoms with van der Waals surface area (Å²) in [6.07, 6.45) is 0. The van der Waals surface area contributed by atoms with Crippen molar-refractivity contribution in [3.63, 3.8) is 0 Å². The summed E-state index contributed by atoms with van der Waals surface area (Å²) in [5.41, 5.74) is -0.0139. The van der Waals surface area contributed by atoms with E-state index in [1.807, 2.05) is 0 Å². The Morgan fingerprint density at radius 3 is 2.71 bits per heavy atom. The van der Waals surface area contributed by atoms with Gasteiger partial charge in [-0.05, 0) is 12.1 Å². The van der Waals surface area contributed by atoms with Gasteiger partial charge in [0, 0.05) is 13.0 Å². The van der Waals surface area contributed by atoms with Crippen LogP contribution in [0.15, 0.2) is 18.2 Å². The first-order chi connectivity index (χ1) is 6.56. The van der Waals surface area contributed by atoms with Crippen molar-refractivity contribution in [3.05, 3.63) is 24.0 Å². The second kappa shape index (κ2) is 4.06. The lowest BCUT2D eigenvalue weighted by molar-refractivity contribution is -0.121.